The van der Waals surface area contributed by atoms with E-state index < -0.39 is 22.6 Å². The molecule has 0 saturated carbocycles. The van der Waals surface area contributed by atoms with Crippen molar-refractivity contribution in [2.75, 3.05) is 24.6 Å². The highest BCUT2D eigenvalue weighted by Crippen LogP contribution is 2.54. The topological polar surface area (TPSA) is 106 Å². The number of carbonyl (C=O) groups is 4. The molecule has 2 fully saturated rings. The minimum Gasteiger partial charge on any atom is -0.462 e. The molecule has 0 bridgehead atoms. The zero-order valence-corrected chi connectivity index (χ0v) is 22.7. The summed E-state index contributed by atoms with van der Waals surface area (Å²) in [5.74, 6) is -1.93. The van der Waals surface area contributed by atoms with Crippen molar-refractivity contribution in [3.8, 4) is 0 Å². The predicted molar refractivity (Wildman–Crippen MR) is 140 cm³/mol. The number of likely N-dealkylation sites (tertiary alicyclic amines) is 1. The lowest BCUT2D eigenvalue weighted by Crippen LogP contribution is -2.42. The second-order valence-corrected chi connectivity index (χ2v) is 12.1. The number of fused-ring (bicyclic) bond motifs is 2. The monoisotopic (exact) mass is 543 g/mol. The molecule has 11 heteroatoms. The molecule has 0 aliphatic carbocycles. The molecule has 9 nitrogen and oxygen atoms in total. The third kappa shape index (κ3) is 4.31. The molecule has 0 radical (unpaired) electrons. The van der Waals surface area contributed by atoms with Crippen molar-refractivity contribution in [2.45, 2.75) is 62.3 Å². The second-order valence-electron chi connectivity index (χ2n) is 10.0. The highest BCUT2D eigenvalue weighted by atomic mass is 32.2. The van der Waals surface area contributed by atoms with E-state index in [9.17, 15) is 24.0 Å². The smallest absolute Gasteiger partial charge is 0.338 e. The molecule has 0 spiro atoms. The van der Waals surface area contributed by atoms with E-state index in [-0.39, 0.29) is 35.7 Å². The first-order valence-electron chi connectivity index (χ1n) is 12.5. The lowest BCUT2D eigenvalue weighted by atomic mass is 9.76. The number of benzene rings is 1. The van der Waals surface area contributed by atoms with Crippen molar-refractivity contribution in [3.05, 3.63) is 44.4 Å². The molecule has 196 valence electrons. The molecule has 3 aliphatic heterocycles. The van der Waals surface area contributed by atoms with E-state index in [1.807, 2.05) is 13.8 Å². The fourth-order valence-corrected chi connectivity index (χ4v) is 8.40. The van der Waals surface area contributed by atoms with Crippen LogP contribution < -0.4 is 9.77 Å². The van der Waals surface area contributed by atoms with E-state index in [0.717, 1.165) is 35.5 Å². The SMILES string of the molecule is CCOC(=O)c1ccc(N2C(=O)C3Sc4c(sc(=O)n4CC(=O)N4CCCCC4)C(C)(C)C3C2=O)cc1. The number of amides is 3. The summed E-state index contributed by atoms with van der Waals surface area (Å²) < 4.78 is 6.49. The molecule has 5 rings (SSSR count). The zero-order valence-electron chi connectivity index (χ0n) is 21.0. The van der Waals surface area contributed by atoms with Gasteiger partial charge in [0.1, 0.15) is 11.8 Å². The Bertz CT molecular complexity index is 1320. The number of anilines is 1. The van der Waals surface area contributed by atoms with E-state index in [2.05, 4.69) is 0 Å². The number of imide groups is 1. The predicted octanol–water partition coefficient (Wildman–Crippen LogP) is 3.04. The third-order valence-electron chi connectivity index (χ3n) is 7.34. The lowest BCUT2D eigenvalue weighted by molar-refractivity contribution is -0.133. The van der Waals surface area contributed by atoms with Crippen molar-refractivity contribution in [1.82, 2.24) is 9.47 Å². The van der Waals surface area contributed by atoms with E-state index >= 15 is 0 Å². The summed E-state index contributed by atoms with van der Waals surface area (Å²) in [6.07, 6.45) is 3.02. The first kappa shape index (κ1) is 25.7. The van der Waals surface area contributed by atoms with Crippen LogP contribution in [0.15, 0.2) is 34.1 Å². The summed E-state index contributed by atoms with van der Waals surface area (Å²) in [5.41, 5.74) is -0.0582. The van der Waals surface area contributed by atoms with Gasteiger partial charge in [0.2, 0.25) is 17.7 Å². The number of aromatic nitrogens is 1. The normalized spacial score (nSPS) is 22.6. The minimum atomic E-state index is -0.777. The van der Waals surface area contributed by atoms with Crippen LogP contribution in [0.3, 0.4) is 0 Å². The van der Waals surface area contributed by atoms with Crippen LogP contribution in [0.2, 0.25) is 0 Å². The molecule has 2 atom stereocenters. The molecule has 2 unspecified atom stereocenters. The van der Waals surface area contributed by atoms with Crippen LogP contribution in [-0.2, 0) is 31.1 Å². The standard InChI is InChI=1S/C26H29N3O6S2/c1-4-35-24(33)15-8-10-16(11-9-15)29-21(31)18-19(22(29)32)36-23-20(26(18,2)3)37-25(34)28(23)14-17(30)27-12-6-5-7-13-27/h8-11,18-19H,4-7,12-14H2,1-3H3. The molecule has 37 heavy (non-hydrogen) atoms. The van der Waals surface area contributed by atoms with Crippen molar-refractivity contribution in [2.24, 2.45) is 5.92 Å². The van der Waals surface area contributed by atoms with Gasteiger partial charge in [0.15, 0.2) is 0 Å². The van der Waals surface area contributed by atoms with E-state index in [4.69, 9.17) is 4.74 Å². The summed E-state index contributed by atoms with van der Waals surface area (Å²) in [7, 11) is 0. The van der Waals surface area contributed by atoms with Gasteiger partial charge in [0.25, 0.3) is 0 Å². The Morgan fingerprint density at radius 3 is 2.35 bits per heavy atom. The minimum absolute atomic E-state index is 0.0632. The van der Waals surface area contributed by atoms with Gasteiger partial charge < -0.3 is 9.64 Å². The van der Waals surface area contributed by atoms with Gasteiger partial charge in [0.05, 0.1) is 28.8 Å². The number of thioether (sulfide) groups is 1. The number of rotatable bonds is 5. The lowest BCUT2D eigenvalue weighted by Gasteiger charge is -2.36. The van der Waals surface area contributed by atoms with Crippen molar-refractivity contribution >= 4 is 52.5 Å². The zero-order chi connectivity index (χ0) is 26.5. The average molecular weight is 544 g/mol. The Labute approximate surface area is 222 Å². The number of piperidine rings is 1. The third-order valence-corrected chi connectivity index (χ3v) is 10.2. The molecule has 3 aliphatic rings. The van der Waals surface area contributed by atoms with Crippen LogP contribution in [-0.4, -0.2) is 58.1 Å². The number of esters is 1. The van der Waals surface area contributed by atoms with Crippen LogP contribution in [0.1, 0.15) is 55.3 Å². The van der Waals surface area contributed by atoms with Gasteiger partial charge in [-0.25, -0.2) is 9.69 Å². The van der Waals surface area contributed by atoms with E-state index in [1.165, 1.54) is 33.4 Å². The second kappa shape index (κ2) is 9.75. The summed E-state index contributed by atoms with van der Waals surface area (Å²) in [6, 6.07) is 6.21. The van der Waals surface area contributed by atoms with Gasteiger partial charge >= 0.3 is 10.8 Å². The Morgan fingerprint density at radius 1 is 1.03 bits per heavy atom. The van der Waals surface area contributed by atoms with Crippen LogP contribution in [0.4, 0.5) is 5.69 Å². The van der Waals surface area contributed by atoms with Gasteiger partial charge in [-0.05, 0) is 50.5 Å². The quantitative estimate of drug-likeness (QED) is 0.422. The summed E-state index contributed by atoms with van der Waals surface area (Å²) in [5, 5.41) is -0.114. The molecule has 0 N–H and O–H groups in total. The summed E-state index contributed by atoms with van der Waals surface area (Å²) in [6.45, 7) is 7.06. The Balaban J connectivity index is 1.44. The van der Waals surface area contributed by atoms with Crippen LogP contribution in [0, 0.1) is 5.92 Å². The Kier molecular flexibility index (Phi) is 6.78. The molecule has 1 aromatic carbocycles. The maximum absolute atomic E-state index is 13.6. The van der Waals surface area contributed by atoms with Gasteiger partial charge in [-0.15, -0.1) is 0 Å². The van der Waals surface area contributed by atoms with Gasteiger partial charge in [0, 0.05) is 23.4 Å². The first-order valence-corrected chi connectivity index (χ1v) is 14.2. The molecule has 1 aromatic heterocycles. The highest BCUT2D eigenvalue weighted by molar-refractivity contribution is 8.00. The number of thiazole rings is 1. The Morgan fingerprint density at radius 2 is 1.70 bits per heavy atom. The van der Waals surface area contributed by atoms with Gasteiger partial charge in [-0.3, -0.25) is 23.7 Å². The number of hydrogen-bond donors (Lipinski definition) is 0. The van der Waals surface area contributed by atoms with Crippen LogP contribution in [0.5, 0.6) is 0 Å². The highest BCUT2D eigenvalue weighted by Gasteiger charge is 2.59. The first-order chi connectivity index (χ1) is 17.6. The maximum atomic E-state index is 13.6. The molecule has 2 aromatic rings. The average Bonchev–Trinajstić information content (AvgIpc) is 3.33. The van der Waals surface area contributed by atoms with Crippen molar-refractivity contribution in [1.29, 1.82) is 0 Å². The Hall–Kier alpha value is -2.92. The van der Waals surface area contributed by atoms with Crippen LogP contribution >= 0.6 is 23.1 Å². The summed E-state index contributed by atoms with van der Waals surface area (Å²) in [4.78, 5) is 68.6. The number of hydrogen-bond acceptors (Lipinski definition) is 8. The van der Waals surface area contributed by atoms with Crippen LogP contribution in [0.25, 0.3) is 0 Å². The van der Waals surface area contributed by atoms with E-state index in [0.29, 0.717) is 29.4 Å². The number of ether oxygens (including phenoxy) is 1. The summed E-state index contributed by atoms with van der Waals surface area (Å²) >= 11 is 2.26. The largest absolute Gasteiger partial charge is 0.462 e. The fraction of sp³-hybridized carbons (Fsp3) is 0.500. The maximum Gasteiger partial charge on any atom is 0.338 e. The van der Waals surface area contributed by atoms with Crippen molar-refractivity contribution in [3.63, 3.8) is 0 Å². The van der Waals surface area contributed by atoms with E-state index in [1.54, 1.807) is 24.0 Å². The number of carbonyl (C=O) groups excluding carboxylic acids is 4. The molecular weight excluding hydrogens is 514 g/mol. The fourth-order valence-electron chi connectivity index (χ4n) is 5.36. The molecule has 4 heterocycles. The van der Waals surface area contributed by atoms with Gasteiger partial charge in [-0.1, -0.05) is 36.9 Å². The van der Waals surface area contributed by atoms with Crippen molar-refractivity contribution < 1.29 is 23.9 Å². The number of nitrogens with zero attached hydrogens (tertiary/aromatic N) is 3. The molecule has 2 saturated heterocycles. The molecule has 3 amide bonds. The molecular formula is C26H29N3O6S2. The van der Waals surface area contributed by atoms with Gasteiger partial charge in [-0.2, -0.15) is 0 Å².